The molecule has 0 radical (unpaired) electrons. The third-order valence-electron chi connectivity index (χ3n) is 6.93. The number of aryl methyl sites for hydroxylation is 1. The standard InChI is InChI=1S/C21H25ClN4/c1-14-17(19(22)26(25-14)16-8-6-5-7-9-16)13-23-24-18-12-15-10-11-21(18,4)20(15,2)3/h5-9,13,15H,10-12H2,1-4H3/b23-13+,24-18-. The Bertz CT molecular complexity index is 894. The van der Waals surface area contributed by atoms with Crippen LogP contribution in [0.4, 0.5) is 0 Å². The molecule has 2 aliphatic carbocycles. The van der Waals surface area contributed by atoms with E-state index in [1.807, 2.05) is 37.3 Å². The van der Waals surface area contributed by atoms with E-state index in [-0.39, 0.29) is 5.41 Å². The monoisotopic (exact) mass is 368 g/mol. The molecule has 0 N–H and O–H groups in total. The minimum Gasteiger partial charge on any atom is -0.221 e. The second kappa shape index (κ2) is 6.05. The fourth-order valence-corrected chi connectivity index (χ4v) is 4.95. The SMILES string of the molecule is Cc1nn(-c2ccccc2)c(Cl)c1/C=N/N=C1/CC2CCC1(C)C2(C)C. The summed E-state index contributed by atoms with van der Waals surface area (Å²) in [7, 11) is 0. The van der Waals surface area contributed by atoms with Crippen LogP contribution in [0, 0.1) is 23.7 Å². The van der Waals surface area contributed by atoms with Crippen molar-refractivity contribution >= 4 is 23.5 Å². The number of para-hydroxylation sites is 1. The van der Waals surface area contributed by atoms with E-state index in [0.717, 1.165) is 29.3 Å². The summed E-state index contributed by atoms with van der Waals surface area (Å²) in [4.78, 5) is 0. The van der Waals surface area contributed by atoms with Gasteiger partial charge >= 0.3 is 0 Å². The third-order valence-corrected chi connectivity index (χ3v) is 7.29. The third kappa shape index (κ3) is 2.46. The minimum absolute atomic E-state index is 0.169. The lowest BCUT2D eigenvalue weighted by Gasteiger charge is -2.34. The van der Waals surface area contributed by atoms with Gasteiger partial charge in [0.25, 0.3) is 0 Å². The summed E-state index contributed by atoms with van der Waals surface area (Å²) in [5.74, 6) is 0.729. The van der Waals surface area contributed by atoms with Gasteiger partial charge in [-0.05, 0) is 49.7 Å². The fourth-order valence-electron chi connectivity index (χ4n) is 4.63. The van der Waals surface area contributed by atoms with Gasteiger partial charge < -0.3 is 0 Å². The Kier molecular flexibility index (Phi) is 4.07. The van der Waals surface area contributed by atoms with Crippen LogP contribution in [0.3, 0.4) is 0 Å². The molecule has 2 saturated carbocycles. The summed E-state index contributed by atoms with van der Waals surface area (Å²) in [5, 5.41) is 14.1. The summed E-state index contributed by atoms with van der Waals surface area (Å²) in [6.07, 6.45) is 5.34. The van der Waals surface area contributed by atoms with Gasteiger partial charge in [0.05, 0.1) is 23.2 Å². The molecule has 2 fully saturated rings. The maximum absolute atomic E-state index is 6.56. The van der Waals surface area contributed by atoms with Crippen molar-refractivity contribution in [1.29, 1.82) is 0 Å². The molecule has 2 aromatic rings. The van der Waals surface area contributed by atoms with Gasteiger partial charge in [-0.25, -0.2) is 4.68 Å². The molecule has 2 atom stereocenters. The molecule has 0 aliphatic heterocycles. The first-order valence-electron chi connectivity index (χ1n) is 9.25. The summed E-state index contributed by atoms with van der Waals surface area (Å²) in [5.41, 5.74) is 4.33. The zero-order valence-electron chi connectivity index (χ0n) is 15.8. The van der Waals surface area contributed by atoms with E-state index in [2.05, 4.69) is 36.1 Å². The van der Waals surface area contributed by atoms with E-state index in [1.54, 1.807) is 10.9 Å². The average Bonchev–Trinajstić information content (AvgIpc) is 3.10. The van der Waals surface area contributed by atoms with Crippen molar-refractivity contribution < 1.29 is 0 Å². The molecule has 1 aromatic heterocycles. The van der Waals surface area contributed by atoms with Crippen LogP contribution in [0.25, 0.3) is 5.69 Å². The van der Waals surface area contributed by atoms with Crippen molar-refractivity contribution in [3.8, 4) is 5.69 Å². The number of nitrogens with zero attached hydrogens (tertiary/aromatic N) is 4. The summed E-state index contributed by atoms with van der Waals surface area (Å²) < 4.78 is 1.74. The highest BCUT2D eigenvalue weighted by molar-refractivity contribution is 6.32. The van der Waals surface area contributed by atoms with Crippen LogP contribution in [-0.2, 0) is 0 Å². The number of halogens is 1. The number of hydrogen-bond acceptors (Lipinski definition) is 3. The van der Waals surface area contributed by atoms with Crippen molar-refractivity contribution in [3.05, 3.63) is 46.7 Å². The van der Waals surface area contributed by atoms with Crippen LogP contribution in [0.5, 0.6) is 0 Å². The van der Waals surface area contributed by atoms with Crippen molar-refractivity contribution in [2.75, 3.05) is 0 Å². The summed E-state index contributed by atoms with van der Waals surface area (Å²) >= 11 is 6.56. The molecule has 136 valence electrons. The molecule has 2 unspecified atom stereocenters. The van der Waals surface area contributed by atoms with Crippen molar-refractivity contribution in [3.63, 3.8) is 0 Å². The Morgan fingerprint density at radius 1 is 1.23 bits per heavy atom. The van der Waals surface area contributed by atoms with Crippen LogP contribution in [0.1, 0.15) is 51.3 Å². The number of aromatic nitrogens is 2. The molecule has 1 heterocycles. The lowest BCUT2D eigenvalue weighted by atomic mass is 9.70. The molecule has 4 nitrogen and oxygen atoms in total. The van der Waals surface area contributed by atoms with E-state index in [1.165, 1.54) is 18.6 Å². The number of rotatable bonds is 3. The lowest BCUT2D eigenvalue weighted by molar-refractivity contribution is 0.194. The maximum Gasteiger partial charge on any atom is 0.142 e. The highest BCUT2D eigenvalue weighted by Gasteiger charge is 2.59. The van der Waals surface area contributed by atoms with Gasteiger partial charge in [0.2, 0.25) is 0 Å². The molecular formula is C21H25ClN4. The Morgan fingerprint density at radius 2 is 1.96 bits per heavy atom. The molecule has 26 heavy (non-hydrogen) atoms. The van der Waals surface area contributed by atoms with Crippen LogP contribution in [0.2, 0.25) is 5.15 Å². The van der Waals surface area contributed by atoms with Crippen LogP contribution in [0.15, 0.2) is 40.5 Å². The molecule has 0 amide bonds. The smallest absolute Gasteiger partial charge is 0.142 e. The average molecular weight is 369 g/mol. The first-order chi connectivity index (χ1) is 12.3. The number of fused-ring (bicyclic) bond motifs is 2. The largest absolute Gasteiger partial charge is 0.221 e. The predicted molar refractivity (Wildman–Crippen MR) is 108 cm³/mol. The zero-order chi connectivity index (χ0) is 18.5. The van der Waals surface area contributed by atoms with E-state index < -0.39 is 0 Å². The summed E-state index contributed by atoms with van der Waals surface area (Å²) in [6, 6.07) is 9.89. The normalized spacial score (nSPS) is 28.5. The Morgan fingerprint density at radius 3 is 2.58 bits per heavy atom. The first-order valence-corrected chi connectivity index (χ1v) is 9.63. The van der Waals surface area contributed by atoms with Crippen LogP contribution in [-0.4, -0.2) is 21.7 Å². The van der Waals surface area contributed by atoms with Gasteiger partial charge in [0, 0.05) is 11.1 Å². The second-order valence-electron chi connectivity index (χ2n) is 8.32. The van der Waals surface area contributed by atoms with Crippen LogP contribution < -0.4 is 0 Å². The predicted octanol–water partition coefficient (Wildman–Crippen LogP) is 5.46. The van der Waals surface area contributed by atoms with Crippen molar-refractivity contribution in [2.45, 2.75) is 47.0 Å². The Hall–Kier alpha value is -1.94. The molecule has 0 saturated heterocycles. The highest BCUT2D eigenvalue weighted by atomic mass is 35.5. The van der Waals surface area contributed by atoms with Gasteiger partial charge in [-0.3, -0.25) is 0 Å². The quantitative estimate of drug-likeness (QED) is 0.524. The topological polar surface area (TPSA) is 42.5 Å². The van der Waals surface area contributed by atoms with Crippen molar-refractivity contribution in [2.24, 2.45) is 27.0 Å². The van der Waals surface area contributed by atoms with E-state index in [4.69, 9.17) is 11.6 Å². The molecule has 4 rings (SSSR count). The minimum atomic E-state index is 0.169. The van der Waals surface area contributed by atoms with Gasteiger partial charge in [0.1, 0.15) is 5.15 Å². The lowest BCUT2D eigenvalue weighted by Crippen LogP contribution is -2.32. The first kappa shape index (κ1) is 17.5. The zero-order valence-corrected chi connectivity index (χ0v) is 16.6. The maximum atomic E-state index is 6.56. The second-order valence-corrected chi connectivity index (χ2v) is 8.68. The molecule has 0 spiro atoms. The van der Waals surface area contributed by atoms with E-state index in [9.17, 15) is 0 Å². The van der Waals surface area contributed by atoms with Gasteiger partial charge in [0.15, 0.2) is 0 Å². The van der Waals surface area contributed by atoms with Gasteiger partial charge in [-0.2, -0.15) is 15.3 Å². The molecule has 5 heteroatoms. The Balaban J connectivity index is 1.62. The number of benzene rings is 1. The van der Waals surface area contributed by atoms with Gasteiger partial charge in [-0.15, -0.1) is 0 Å². The fraction of sp³-hybridized carbons (Fsp3) is 0.476. The van der Waals surface area contributed by atoms with Crippen molar-refractivity contribution in [1.82, 2.24) is 9.78 Å². The molecular weight excluding hydrogens is 344 g/mol. The van der Waals surface area contributed by atoms with Crippen LogP contribution >= 0.6 is 11.6 Å². The van der Waals surface area contributed by atoms with E-state index >= 15 is 0 Å². The summed E-state index contributed by atoms with van der Waals surface area (Å²) in [6.45, 7) is 9.05. The Labute approximate surface area is 160 Å². The number of hydrogen-bond donors (Lipinski definition) is 0. The molecule has 2 aliphatic rings. The highest BCUT2D eigenvalue weighted by Crippen LogP contribution is 2.63. The molecule has 2 bridgehead atoms. The van der Waals surface area contributed by atoms with E-state index in [0.29, 0.717) is 10.6 Å². The van der Waals surface area contributed by atoms with Gasteiger partial charge in [-0.1, -0.05) is 50.6 Å². The molecule has 1 aromatic carbocycles.